The van der Waals surface area contributed by atoms with Crippen molar-refractivity contribution >= 4 is 47.4 Å². The van der Waals surface area contributed by atoms with Crippen molar-refractivity contribution in [3.63, 3.8) is 0 Å². The van der Waals surface area contributed by atoms with E-state index in [0.29, 0.717) is 0 Å². The van der Waals surface area contributed by atoms with E-state index < -0.39 is 0 Å². The zero-order valence-electron chi connectivity index (χ0n) is 2.82. The maximum absolute atomic E-state index is 5.53. The molecule has 0 bridgehead atoms. The normalized spacial score (nSPS) is 19.8. The van der Waals surface area contributed by atoms with Crippen molar-refractivity contribution in [2.75, 3.05) is 0 Å². The molecule has 0 saturated carbocycles. The van der Waals surface area contributed by atoms with Gasteiger partial charge in [0, 0.05) is 3.34 Å². The molecule has 1 heterocycles. The predicted molar refractivity (Wildman–Crippen MR) is 41.6 cm³/mol. The van der Waals surface area contributed by atoms with Gasteiger partial charge in [-0.3, -0.25) is 0 Å². The molecule has 34 valence electrons. The molecule has 1 rings (SSSR count). The van der Waals surface area contributed by atoms with Crippen LogP contribution < -0.4 is 0 Å². The van der Waals surface area contributed by atoms with Gasteiger partial charge >= 0.3 is 0 Å². The predicted octanol–water partition coefficient (Wildman–Crippen LogP) is 2.50. The standard InChI is InChI=1S/C3H2ClIS/c4-3-1-5-2-6-3/h1-2H. The van der Waals surface area contributed by atoms with Crippen molar-refractivity contribution in [2.24, 2.45) is 0 Å². The van der Waals surface area contributed by atoms with Crippen LogP contribution in [-0.4, -0.2) is 3.34 Å². The summed E-state index contributed by atoms with van der Waals surface area (Å²) in [5.74, 6) is 0. The summed E-state index contributed by atoms with van der Waals surface area (Å²) in [7, 11) is 0. The molecule has 0 aliphatic carbocycles. The summed E-state index contributed by atoms with van der Waals surface area (Å²) in [5, 5.41) is 0. The van der Waals surface area contributed by atoms with E-state index in [2.05, 4.69) is 7.43 Å². The molecule has 0 spiro atoms. The molecule has 0 radical (unpaired) electrons. The zero-order chi connectivity index (χ0) is 4.41. The largest absolute Gasteiger partial charge is 0.0841 e. The number of rotatable bonds is 0. The molecule has 0 unspecified atom stereocenters. The van der Waals surface area contributed by atoms with Crippen LogP contribution in [0.3, 0.4) is 0 Å². The van der Waals surface area contributed by atoms with Crippen molar-refractivity contribution in [3.05, 3.63) is 8.45 Å². The smallest absolute Gasteiger partial charge is 0.0837 e. The van der Waals surface area contributed by atoms with Gasteiger partial charge in [-0.05, 0) is 4.08 Å². The average molecular weight is 232 g/mol. The molecule has 0 fully saturated rings. The second kappa shape index (κ2) is 2.33. The van der Waals surface area contributed by atoms with Gasteiger partial charge in [-0.25, -0.2) is 0 Å². The average Bonchev–Trinajstić information content (AvgIpc) is 1.86. The Bertz CT molecular complexity index is 107. The summed E-state index contributed by atoms with van der Waals surface area (Å²) >= 11 is 7.43. The third kappa shape index (κ3) is 1.24. The fourth-order valence-electron chi connectivity index (χ4n) is 0.169. The van der Waals surface area contributed by atoms with Gasteiger partial charge in [-0.15, -0.1) is 0 Å². The van der Waals surface area contributed by atoms with E-state index in [9.17, 15) is 0 Å². The van der Waals surface area contributed by atoms with Gasteiger partial charge in [0.1, 0.15) is 0 Å². The molecule has 0 amide bonds. The molecule has 6 heavy (non-hydrogen) atoms. The van der Waals surface area contributed by atoms with Gasteiger partial charge in [-0.1, -0.05) is 44.1 Å². The Balaban J connectivity index is 2.61. The minimum atomic E-state index is 0.246. The number of halogens is 2. The van der Waals surface area contributed by atoms with E-state index in [0.717, 1.165) is 4.36 Å². The van der Waals surface area contributed by atoms with Crippen LogP contribution in [0.2, 0.25) is 0 Å². The van der Waals surface area contributed by atoms with E-state index in [4.69, 9.17) is 11.6 Å². The second-order valence-corrected chi connectivity index (χ2v) is 5.10. The summed E-state index contributed by atoms with van der Waals surface area (Å²) < 4.78 is 5.24. The number of thioether (sulfide) groups is 1. The van der Waals surface area contributed by atoms with Gasteiger partial charge in [0.15, 0.2) is 0 Å². The van der Waals surface area contributed by atoms with Crippen LogP contribution in [0.5, 0.6) is 0 Å². The lowest BCUT2D eigenvalue weighted by Crippen LogP contribution is -1.44. The summed E-state index contributed by atoms with van der Waals surface area (Å²) in [6.45, 7) is 0. The molecule has 1 aliphatic rings. The van der Waals surface area contributed by atoms with Crippen LogP contribution in [0, 0.1) is 0 Å². The van der Waals surface area contributed by atoms with Crippen molar-refractivity contribution in [1.29, 1.82) is 0 Å². The molecule has 0 nitrogen and oxygen atoms in total. The molecule has 0 aromatic rings. The summed E-state index contributed by atoms with van der Waals surface area (Å²) in [5.41, 5.74) is 0. The lowest BCUT2D eigenvalue weighted by atomic mass is 11.3. The van der Waals surface area contributed by atoms with Crippen LogP contribution in [0.1, 0.15) is 0 Å². The highest BCUT2D eigenvalue weighted by molar-refractivity contribution is 14.2. The highest BCUT2D eigenvalue weighted by Gasteiger charge is 1.90. The van der Waals surface area contributed by atoms with Crippen LogP contribution in [0.4, 0.5) is 0 Å². The van der Waals surface area contributed by atoms with Gasteiger partial charge < -0.3 is 0 Å². The van der Waals surface area contributed by atoms with E-state index in [1.54, 1.807) is 11.8 Å². The SMILES string of the molecule is ClC1=CI=CS1. The first-order chi connectivity index (χ1) is 2.89. The molecule has 0 aromatic carbocycles. The van der Waals surface area contributed by atoms with Crippen molar-refractivity contribution in [1.82, 2.24) is 0 Å². The Morgan fingerprint density at radius 1 is 1.83 bits per heavy atom. The number of hydrogen-bond acceptors (Lipinski definition) is 1. The van der Waals surface area contributed by atoms with Crippen molar-refractivity contribution in [3.8, 4) is 0 Å². The van der Waals surface area contributed by atoms with E-state index >= 15 is 0 Å². The minimum absolute atomic E-state index is 0.246. The third-order valence-corrected chi connectivity index (χ3v) is 4.69. The molecule has 1 aliphatic heterocycles. The fraction of sp³-hybridized carbons (Fsp3) is 0. The van der Waals surface area contributed by atoms with Gasteiger partial charge in [-0.2, -0.15) is 0 Å². The Kier molecular flexibility index (Phi) is 1.99. The van der Waals surface area contributed by atoms with Gasteiger partial charge in [0.05, 0.1) is 4.36 Å². The van der Waals surface area contributed by atoms with Crippen molar-refractivity contribution in [2.45, 2.75) is 0 Å². The van der Waals surface area contributed by atoms with Gasteiger partial charge in [0.2, 0.25) is 0 Å². The van der Waals surface area contributed by atoms with Gasteiger partial charge in [0.25, 0.3) is 0 Å². The monoisotopic (exact) mass is 232 g/mol. The molecular weight excluding hydrogens is 230 g/mol. The van der Waals surface area contributed by atoms with E-state index in [1.165, 1.54) is 0 Å². The molecule has 0 N–H and O–H groups in total. The molecule has 0 atom stereocenters. The first-order valence-corrected chi connectivity index (χ1v) is 5.10. The number of hydrogen-bond donors (Lipinski definition) is 0. The Hall–Kier alpha value is 0.980. The Labute approximate surface area is 55.7 Å². The van der Waals surface area contributed by atoms with Crippen LogP contribution in [0.25, 0.3) is 0 Å². The quantitative estimate of drug-likeness (QED) is 0.578. The maximum atomic E-state index is 5.53. The minimum Gasteiger partial charge on any atom is -0.0841 e. The van der Waals surface area contributed by atoms with Crippen LogP contribution in [-0.2, 0) is 0 Å². The first kappa shape index (κ1) is 5.12. The lowest BCUT2D eigenvalue weighted by molar-refractivity contribution is 2.48. The molecule has 3 heteroatoms. The molecular formula is C3H2ClIS. The lowest BCUT2D eigenvalue weighted by Gasteiger charge is -1.73. The third-order valence-electron chi connectivity index (χ3n) is 0.357. The van der Waals surface area contributed by atoms with E-state index in [-0.39, 0.29) is 20.7 Å². The van der Waals surface area contributed by atoms with Crippen LogP contribution in [0.15, 0.2) is 8.45 Å². The molecule has 0 saturated heterocycles. The summed E-state index contributed by atoms with van der Waals surface area (Å²) in [6.07, 6.45) is 0. The second-order valence-electron chi connectivity index (χ2n) is 0.746. The highest BCUT2D eigenvalue weighted by Crippen LogP contribution is 2.28. The fourth-order valence-corrected chi connectivity index (χ4v) is 4.08. The summed E-state index contributed by atoms with van der Waals surface area (Å²) in [6, 6.07) is 0. The van der Waals surface area contributed by atoms with Crippen LogP contribution >= 0.6 is 44.1 Å². The maximum Gasteiger partial charge on any atom is 0.0837 e. The Morgan fingerprint density at radius 2 is 2.67 bits per heavy atom. The molecule has 0 aromatic heterocycles. The van der Waals surface area contributed by atoms with E-state index in [1.807, 2.05) is 0 Å². The first-order valence-electron chi connectivity index (χ1n) is 1.35. The highest BCUT2D eigenvalue weighted by atomic mass is 127. The zero-order valence-corrected chi connectivity index (χ0v) is 6.55. The Morgan fingerprint density at radius 3 is 2.83 bits per heavy atom. The van der Waals surface area contributed by atoms with Crippen molar-refractivity contribution < 1.29 is 0 Å². The summed E-state index contributed by atoms with van der Waals surface area (Å²) in [4.78, 5) is 0. The topological polar surface area (TPSA) is 0 Å².